The normalized spacial score (nSPS) is 12.8. The maximum Gasteiger partial charge on any atom is 0.274 e. The summed E-state index contributed by atoms with van der Waals surface area (Å²) in [4.78, 5) is 18.8. The minimum absolute atomic E-state index is 0.319. The van der Waals surface area contributed by atoms with E-state index in [0.29, 0.717) is 11.4 Å². The quantitative estimate of drug-likeness (QED) is 0.782. The van der Waals surface area contributed by atoms with Crippen LogP contribution < -0.4 is 10.2 Å². The topological polar surface area (TPSA) is 45.2 Å². The van der Waals surface area contributed by atoms with Crippen molar-refractivity contribution in [1.29, 1.82) is 0 Å². The Balaban J connectivity index is 1.57. The van der Waals surface area contributed by atoms with Crippen LogP contribution in [0.2, 0.25) is 0 Å². The zero-order valence-electron chi connectivity index (χ0n) is 13.4. The van der Waals surface area contributed by atoms with Gasteiger partial charge in [0, 0.05) is 29.8 Å². The maximum absolute atomic E-state index is 13.0. The van der Waals surface area contributed by atoms with Gasteiger partial charge in [-0.15, -0.1) is 0 Å². The first-order valence-electron chi connectivity index (χ1n) is 8.09. The van der Waals surface area contributed by atoms with Crippen molar-refractivity contribution in [3.8, 4) is 0 Å². The lowest BCUT2D eigenvalue weighted by Crippen LogP contribution is -2.17. The van der Waals surface area contributed by atoms with Crippen LogP contribution >= 0.6 is 0 Å². The third-order valence-corrected chi connectivity index (χ3v) is 4.28. The third kappa shape index (κ3) is 3.08. The van der Waals surface area contributed by atoms with Crippen molar-refractivity contribution >= 4 is 23.0 Å². The zero-order chi connectivity index (χ0) is 17.2. The number of nitrogens with one attached hydrogen (secondary N) is 1. The molecule has 0 bridgehead atoms. The van der Waals surface area contributed by atoms with E-state index in [9.17, 15) is 9.18 Å². The van der Waals surface area contributed by atoms with Gasteiger partial charge in [0.2, 0.25) is 0 Å². The van der Waals surface area contributed by atoms with Crippen molar-refractivity contribution in [3.05, 3.63) is 83.9 Å². The molecule has 0 saturated carbocycles. The van der Waals surface area contributed by atoms with Crippen LogP contribution in [-0.2, 0) is 6.42 Å². The van der Waals surface area contributed by atoms with Crippen molar-refractivity contribution in [2.45, 2.75) is 6.42 Å². The van der Waals surface area contributed by atoms with Crippen molar-refractivity contribution in [3.63, 3.8) is 0 Å². The highest BCUT2D eigenvalue weighted by molar-refractivity contribution is 6.03. The molecule has 1 aliphatic rings. The highest BCUT2D eigenvalue weighted by Crippen LogP contribution is 2.34. The molecule has 2 heterocycles. The fourth-order valence-corrected chi connectivity index (χ4v) is 3.05. The first-order valence-corrected chi connectivity index (χ1v) is 8.09. The molecule has 0 spiro atoms. The summed E-state index contributed by atoms with van der Waals surface area (Å²) in [7, 11) is 0. The monoisotopic (exact) mass is 333 g/mol. The zero-order valence-corrected chi connectivity index (χ0v) is 13.4. The number of nitrogens with zero attached hydrogens (tertiary/aromatic N) is 2. The second kappa shape index (κ2) is 6.36. The summed E-state index contributed by atoms with van der Waals surface area (Å²) in [5, 5.41) is 2.74. The van der Waals surface area contributed by atoms with E-state index in [4.69, 9.17) is 0 Å². The number of anilines is 3. The molecule has 0 unspecified atom stereocenters. The summed E-state index contributed by atoms with van der Waals surface area (Å²) in [6, 6.07) is 17.6. The number of benzene rings is 2. The minimum atomic E-state index is -0.342. The molecule has 4 nitrogen and oxygen atoms in total. The molecule has 0 saturated heterocycles. The van der Waals surface area contributed by atoms with Crippen LogP contribution in [0.15, 0.2) is 66.9 Å². The van der Waals surface area contributed by atoms with E-state index in [1.54, 1.807) is 12.3 Å². The van der Waals surface area contributed by atoms with Gasteiger partial charge in [-0.25, -0.2) is 4.39 Å². The van der Waals surface area contributed by atoms with E-state index in [1.165, 1.54) is 35.5 Å². The summed E-state index contributed by atoms with van der Waals surface area (Å²) in [6.45, 7) is 0.877. The number of aromatic nitrogens is 1. The molecule has 0 aliphatic carbocycles. The lowest BCUT2D eigenvalue weighted by Gasteiger charge is -2.19. The number of rotatable bonds is 3. The van der Waals surface area contributed by atoms with Gasteiger partial charge < -0.3 is 10.2 Å². The van der Waals surface area contributed by atoms with Crippen LogP contribution in [0.5, 0.6) is 0 Å². The lowest BCUT2D eigenvalue weighted by atomic mass is 10.2. The van der Waals surface area contributed by atoms with Gasteiger partial charge in [0.05, 0.1) is 0 Å². The van der Waals surface area contributed by atoms with E-state index in [0.717, 1.165) is 18.7 Å². The molecule has 4 rings (SSSR count). The number of hydrogen-bond acceptors (Lipinski definition) is 3. The molecule has 5 heteroatoms. The number of para-hydroxylation sites is 1. The smallest absolute Gasteiger partial charge is 0.274 e. The van der Waals surface area contributed by atoms with Crippen LogP contribution in [0, 0.1) is 5.82 Å². The van der Waals surface area contributed by atoms with Gasteiger partial charge >= 0.3 is 0 Å². The average Bonchev–Trinajstić information content (AvgIpc) is 3.08. The van der Waals surface area contributed by atoms with Gasteiger partial charge in [-0.2, -0.15) is 0 Å². The number of hydrogen-bond donors (Lipinski definition) is 1. The molecule has 3 aromatic rings. The molecule has 1 amide bonds. The Morgan fingerprint density at radius 3 is 2.72 bits per heavy atom. The van der Waals surface area contributed by atoms with E-state index in [2.05, 4.69) is 27.3 Å². The summed E-state index contributed by atoms with van der Waals surface area (Å²) in [5.41, 5.74) is 4.26. The van der Waals surface area contributed by atoms with Crippen LogP contribution in [0.1, 0.15) is 16.1 Å². The van der Waals surface area contributed by atoms with E-state index >= 15 is 0 Å². The molecular weight excluding hydrogens is 317 g/mol. The Labute approximate surface area is 144 Å². The maximum atomic E-state index is 13.0. The summed E-state index contributed by atoms with van der Waals surface area (Å²) in [6.07, 6.45) is 2.62. The highest BCUT2D eigenvalue weighted by Gasteiger charge is 2.20. The van der Waals surface area contributed by atoms with Crippen molar-refractivity contribution in [2.24, 2.45) is 0 Å². The van der Waals surface area contributed by atoms with Gasteiger partial charge in [0.25, 0.3) is 5.91 Å². The lowest BCUT2D eigenvalue weighted by molar-refractivity contribution is 0.102. The number of carbonyl (C=O) groups excluding carboxylic acids is 1. The molecule has 2 aromatic carbocycles. The SMILES string of the molecule is O=C(Nc1ccc(F)cc1)c1cc(N2CCc3ccccc32)ccn1. The van der Waals surface area contributed by atoms with Gasteiger partial charge in [0.1, 0.15) is 11.5 Å². The van der Waals surface area contributed by atoms with Crippen molar-refractivity contribution in [1.82, 2.24) is 4.98 Å². The molecule has 1 aliphatic heterocycles. The van der Waals surface area contributed by atoms with Crippen LogP contribution in [-0.4, -0.2) is 17.4 Å². The first kappa shape index (κ1) is 15.3. The predicted molar refractivity (Wildman–Crippen MR) is 95.7 cm³/mol. The fraction of sp³-hybridized carbons (Fsp3) is 0.100. The van der Waals surface area contributed by atoms with Crippen LogP contribution in [0.25, 0.3) is 0 Å². The number of carbonyl (C=O) groups is 1. The predicted octanol–water partition coefficient (Wildman–Crippen LogP) is 4.17. The van der Waals surface area contributed by atoms with Crippen molar-refractivity contribution < 1.29 is 9.18 Å². The molecule has 0 radical (unpaired) electrons. The van der Waals surface area contributed by atoms with Crippen molar-refractivity contribution in [2.75, 3.05) is 16.8 Å². The standard InChI is InChI=1S/C20H16FN3O/c21-15-5-7-16(8-6-15)23-20(25)18-13-17(9-11-22-18)24-12-10-14-3-1-2-4-19(14)24/h1-9,11,13H,10,12H2,(H,23,25). The number of amides is 1. The molecular formula is C20H16FN3O. The van der Waals surface area contributed by atoms with Gasteiger partial charge in [-0.3, -0.25) is 9.78 Å². The molecule has 124 valence electrons. The number of fused-ring (bicyclic) bond motifs is 1. The Kier molecular flexibility index (Phi) is 3.90. The van der Waals surface area contributed by atoms with Crippen LogP contribution in [0.4, 0.5) is 21.5 Å². The summed E-state index contributed by atoms with van der Waals surface area (Å²) in [5.74, 6) is -0.660. The third-order valence-electron chi connectivity index (χ3n) is 4.28. The van der Waals surface area contributed by atoms with Gasteiger partial charge in [-0.1, -0.05) is 18.2 Å². The fourth-order valence-electron chi connectivity index (χ4n) is 3.05. The molecule has 0 fully saturated rings. The van der Waals surface area contributed by atoms with E-state index < -0.39 is 0 Å². The average molecular weight is 333 g/mol. The largest absolute Gasteiger partial charge is 0.341 e. The Morgan fingerprint density at radius 2 is 1.88 bits per heavy atom. The first-order chi connectivity index (χ1) is 12.2. The van der Waals surface area contributed by atoms with E-state index in [1.807, 2.05) is 18.2 Å². The number of pyridine rings is 1. The minimum Gasteiger partial charge on any atom is -0.341 e. The Morgan fingerprint density at radius 1 is 1.08 bits per heavy atom. The summed E-state index contributed by atoms with van der Waals surface area (Å²) >= 11 is 0. The highest BCUT2D eigenvalue weighted by atomic mass is 19.1. The second-order valence-corrected chi connectivity index (χ2v) is 5.89. The second-order valence-electron chi connectivity index (χ2n) is 5.89. The molecule has 0 atom stereocenters. The van der Waals surface area contributed by atoms with Gasteiger partial charge in [-0.05, 0) is 54.4 Å². The molecule has 1 N–H and O–H groups in total. The molecule has 25 heavy (non-hydrogen) atoms. The van der Waals surface area contributed by atoms with Gasteiger partial charge in [0.15, 0.2) is 0 Å². The van der Waals surface area contributed by atoms with Crippen LogP contribution in [0.3, 0.4) is 0 Å². The molecule has 1 aromatic heterocycles. The Hall–Kier alpha value is -3.21. The van der Waals surface area contributed by atoms with E-state index in [-0.39, 0.29) is 11.7 Å². The summed E-state index contributed by atoms with van der Waals surface area (Å²) < 4.78 is 13.0. The number of halogens is 1. The Bertz CT molecular complexity index is 924.